The number of hydrogen-bond acceptors (Lipinski definition) is 3. The van der Waals surface area contributed by atoms with Gasteiger partial charge in [0.15, 0.2) is 0 Å². The van der Waals surface area contributed by atoms with E-state index in [-0.39, 0.29) is 6.04 Å². The van der Waals surface area contributed by atoms with E-state index in [0.29, 0.717) is 11.4 Å². The highest BCUT2D eigenvalue weighted by Gasteiger charge is 2.30. The molecule has 0 bridgehead atoms. The minimum atomic E-state index is -3.33. The fourth-order valence-corrected chi connectivity index (χ4v) is 4.25. The molecule has 1 aliphatic heterocycles. The predicted octanol–water partition coefficient (Wildman–Crippen LogP) is 1.97. The Morgan fingerprint density at radius 1 is 1.26 bits per heavy atom. The molecule has 1 N–H and O–H groups in total. The lowest BCUT2D eigenvalue weighted by atomic mass is 10.1. The number of rotatable bonds is 4. The molecule has 1 heterocycles. The van der Waals surface area contributed by atoms with E-state index in [0.717, 1.165) is 31.4 Å². The van der Waals surface area contributed by atoms with Gasteiger partial charge in [0, 0.05) is 19.1 Å². The Labute approximate surface area is 115 Å². The molecule has 0 saturated carbocycles. The third-order valence-corrected chi connectivity index (χ3v) is 5.68. The molecule has 106 valence electrons. The van der Waals surface area contributed by atoms with Gasteiger partial charge in [-0.25, -0.2) is 8.42 Å². The van der Waals surface area contributed by atoms with E-state index in [1.807, 2.05) is 26.1 Å². The van der Waals surface area contributed by atoms with Gasteiger partial charge in [0.1, 0.15) is 0 Å². The molecule has 2 rings (SSSR count). The Balaban J connectivity index is 2.23. The van der Waals surface area contributed by atoms with Crippen LogP contribution in [-0.4, -0.2) is 32.4 Å². The van der Waals surface area contributed by atoms with Crippen LogP contribution in [0.25, 0.3) is 0 Å². The van der Waals surface area contributed by atoms with Gasteiger partial charge >= 0.3 is 0 Å². The van der Waals surface area contributed by atoms with Crippen LogP contribution >= 0.6 is 0 Å². The number of hydrogen-bond donors (Lipinski definition) is 1. The second-order valence-electron chi connectivity index (χ2n) is 5.13. The summed E-state index contributed by atoms with van der Waals surface area (Å²) in [5, 5.41) is 3.05. The second-order valence-corrected chi connectivity index (χ2v) is 7.03. The molecule has 1 atom stereocenters. The normalized spacial score (nSPS) is 21.5. The van der Waals surface area contributed by atoms with E-state index >= 15 is 0 Å². The van der Waals surface area contributed by atoms with Crippen LogP contribution < -0.4 is 5.32 Å². The van der Waals surface area contributed by atoms with Gasteiger partial charge in [0.05, 0.1) is 4.90 Å². The predicted molar refractivity (Wildman–Crippen MR) is 76.4 cm³/mol. The number of nitrogens with zero attached hydrogens (tertiary/aromatic N) is 1. The molecule has 0 amide bonds. The molecule has 1 aromatic carbocycles. The smallest absolute Gasteiger partial charge is 0.243 e. The molecular formula is C14H22N2O2S. The van der Waals surface area contributed by atoms with E-state index in [4.69, 9.17) is 0 Å². The van der Waals surface area contributed by atoms with Crippen molar-refractivity contribution in [2.24, 2.45) is 0 Å². The zero-order chi connectivity index (χ0) is 13.9. The molecule has 0 radical (unpaired) electrons. The molecule has 1 unspecified atom stereocenters. The lowest BCUT2D eigenvalue weighted by molar-refractivity contribution is 0.268. The van der Waals surface area contributed by atoms with Crippen LogP contribution in [0.4, 0.5) is 0 Å². The lowest BCUT2D eigenvalue weighted by Gasteiger charge is -2.32. The van der Waals surface area contributed by atoms with Crippen molar-refractivity contribution in [3.05, 3.63) is 29.8 Å². The molecule has 19 heavy (non-hydrogen) atoms. The number of nitrogens with one attached hydrogen (secondary N) is 1. The molecule has 0 aliphatic carbocycles. The molecular weight excluding hydrogens is 260 g/mol. The Morgan fingerprint density at radius 2 is 1.95 bits per heavy atom. The van der Waals surface area contributed by atoms with Crippen LogP contribution in [0.3, 0.4) is 0 Å². The maximum absolute atomic E-state index is 12.6. The van der Waals surface area contributed by atoms with E-state index in [1.165, 1.54) is 0 Å². The molecule has 5 heteroatoms. The first kappa shape index (κ1) is 14.5. The summed E-state index contributed by atoms with van der Waals surface area (Å²) in [6.45, 7) is 3.38. The van der Waals surface area contributed by atoms with Crippen LogP contribution in [0.15, 0.2) is 29.2 Å². The minimum absolute atomic E-state index is 0.107. The van der Waals surface area contributed by atoms with Gasteiger partial charge in [-0.15, -0.1) is 0 Å². The number of piperidine rings is 1. The Bertz CT molecular complexity index is 511. The second kappa shape index (κ2) is 6.03. The van der Waals surface area contributed by atoms with Gasteiger partial charge in [-0.3, -0.25) is 0 Å². The highest BCUT2D eigenvalue weighted by Crippen LogP contribution is 2.25. The Kier molecular flexibility index (Phi) is 4.60. The lowest BCUT2D eigenvalue weighted by Crippen LogP contribution is -2.41. The van der Waals surface area contributed by atoms with Crippen molar-refractivity contribution in [2.75, 3.05) is 13.6 Å². The molecule has 0 spiro atoms. The van der Waals surface area contributed by atoms with Crippen LogP contribution in [0.5, 0.6) is 0 Å². The van der Waals surface area contributed by atoms with Crippen molar-refractivity contribution in [3.8, 4) is 0 Å². The third kappa shape index (κ3) is 3.16. The summed E-state index contributed by atoms with van der Waals surface area (Å²) in [4.78, 5) is 0.404. The maximum Gasteiger partial charge on any atom is 0.243 e. The Morgan fingerprint density at radius 3 is 2.53 bits per heavy atom. The molecule has 1 aromatic rings. The van der Waals surface area contributed by atoms with E-state index < -0.39 is 10.0 Å². The van der Waals surface area contributed by atoms with Gasteiger partial charge in [0.25, 0.3) is 0 Å². The summed E-state index contributed by atoms with van der Waals surface area (Å²) in [5.74, 6) is 0. The maximum atomic E-state index is 12.6. The molecule has 4 nitrogen and oxygen atoms in total. The van der Waals surface area contributed by atoms with Gasteiger partial charge in [-0.1, -0.05) is 18.6 Å². The third-order valence-electron chi connectivity index (χ3n) is 3.65. The average molecular weight is 282 g/mol. The van der Waals surface area contributed by atoms with Crippen molar-refractivity contribution in [2.45, 2.75) is 43.7 Å². The largest absolute Gasteiger partial charge is 0.316 e. The fraction of sp³-hybridized carbons (Fsp3) is 0.571. The summed E-state index contributed by atoms with van der Waals surface area (Å²) in [6.07, 6.45) is 3.03. The first-order valence-electron chi connectivity index (χ1n) is 6.81. The molecule has 1 fully saturated rings. The van der Waals surface area contributed by atoms with Gasteiger partial charge in [-0.2, -0.15) is 4.31 Å². The van der Waals surface area contributed by atoms with Gasteiger partial charge < -0.3 is 5.32 Å². The summed E-state index contributed by atoms with van der Waals surface area (Å²) in [6, 6.07) is 7.28. The number of sulfonamides is 1. The summed E-state index contributed by atoms with van der Waals surface area (Å²) in [7, 11) is -1.45. The highest BCUT2D eigenvalue weighted by atomic mass is 32.2. The van der Waals surface area contributed by atoms with E-state index in [9.17, 15) is 8.42 Å². The van der Waals surface area contributed by atoms with Gasteiger partial charge in [-0.05, 0) is 44.5 Å². The molecule has 0 aromatic heterocycles. The van der Waals surface area contributed by atoms with Crippen molar-refractivity contribution in [3.63, 3.8) is 0 Å². The highest BCUT2D eigenvalue weighted by molar-refractivity contribution is 7.89. The van der Waals surface area contributed by atoms with Gasteiger partial charge in [0.2, 0.25) is 10.0 Å². The van der Waals surface area contributed by atoms with Crippen molar-refractivity contribution in [1.29, 1.82) is 0 Å². The summed E-state index contributed by atoms with van der Waals surface area (Å²) < 4.78 is 26.8. The van der Waals surface area contributed by atoms with Crippen molar-refractivity contribution in [1.82, 2.24) is 9.62 Å². The van der Waals surface area contributed by atoms with Crippen molar-refractivity contribution < 1.29 is 8.42 Å². The monoisotopic (exact) mass is 282 g/mol. The fourth-order valence-electron chi connectivity index (χ4n) is 2.55. The summed E-state index contributed by atoms with van der Waals surface area (Å²) in [5.41, 5.74) is 1.09. The average Bonchev–Trinajstić information content (AvgIpc) is 2.40. The van der Waals surface area contributed by atoms with Crippen LogP contribution in [-0.2, 0) is 16.6 Å². The standard InChI is InChI=1S/C14H22N2O2S/c1-12-5-3-4-10-16(12)19(17,18)14-8-6-13(7-9-14)11-15-2/h6-9,12,15H,3-5,10-11H2,1-2H3. The quantitative estimate of drug-likeness (QED) is 0.918. The topological polar surface area (TPSA) is 49.4 Å². The van der Waals surface area contributed by atoms with E-state index in [1.54, 1.807) is 16.4 Å². The first-order valence-corrected chi connectivity index (χ1v) is 8.25. The first-order chi connectivity index (χ1) is 9.05. The van der Waals surface area contributed by atoms with Crippen LogP contribution in [0.1, 0.15) is 31.7 Å². The Hall–Kier alpha value is -0.910. The SMILES string of the molecule is CNCc1ccc(S(=O)(=O)N2CCCCC2C)cc1. The minimum Gasteiger partial charge on any atom is -0.316 e. The zero-order valence-corrected chi connectivity index (χ0v) is 12.4. The molecule has 1 aliphatic rings. The van der Waals surface area contributed by atoms with E-state index in [2.05, 4.69) is 5.32 Å². The van der Waals surface area contributed by atoms with Crippen LogP contribution in [0, 0.1) is 0 Å². The summed E-state index contributed by atoms with van der Waals surface area (Å²) >= 11 is 0. The van der Waals surface area contributed by atoms with Crippen molar-refractivity contribution >= 4 is 10.0 Å². The van der Waals surface area contributed by atoms with Crippen LogP contribution in [0.2, 0.25) is 0 Å². The zero-order valence-electron chi connectivity index (χ0n) is 11.6. The number of benzene rings is 1. The molecule has 1 saturated heterocycles.